The Morgan fingerprint density at radius 1 is 1.19 bits per heavy atom. The number of benzene rings is 1. The second-order valence-corrected chi connectivity index (χ2v) is 6.50. The zero-order valence-electron chi connectivity index (χ0n) is 15.2. The third-order valence-corrected chi connectivity index (χ3v) is 4.45. The van der Waals surface area contributed by atoms with Crippen LogP contribution in [0.3, 0.4) is 0 Å². The van der Waals surface area contributed by atoms with Gasteiger partial charge in [-0.25, -0.2) is 19.7 Å². The summed E-state index contributed by atoms with van der Waals surface area (Å²) < 4.78 is 1.24. The maximum atomic E-state index is 11.9. The second-order valence-electron chi connectivity index (χ2n) is 6.02. The molecule has 0 aliphatic heterocycles. The van der Waals surface area contributed by atoms with E-state index in [0.29, 0.717) is 29.3 Å². The van der Waals surface area contributed by atoms with Gasteiger partial charge in [-0.1, -0.05) is 12.8 Å². The molecule has 140 valence electrons. The number of fused-ring (bicyclic) bond motifs is 1. The van der Waals surface area contributed by atoms with Crippen molar-refractivity contribution in [2.45, 2.75) is 20.8 Å². The maximum Gasteiger partial charge on any atom is 0.332 e. The second kappa shape index (κ2) is 7.67. The van der Waals surface area contributed by atoms with E-state index < -0.39 is 0 Å². The normalized spacial score (nSPS) is 10.7. The van der Waals surface area contributed by atoms with E-state index in [1.165, 1.54) is 4.31 Å². The van der Waals surface area contributed by atoms with Crippen LogP contribution in [0.1, 0.15) is 18.1 Å². The van der Waals surface area contributed by atoms with Crippen molar-refractivity contribution in [2.75, 3.05) is 17.2 Å². The van der Waals surface area contributed by atoms with E-state index in [2.05, 4.69) is 38.4 Å². The van der Waals surface area contributed by atoms with E-state index in [1.54, 1.807) is 24.4 Å². The molecule has 8 nitrogen and oxygen atoms in total. The van der Waals surface area contributed by atoms with Crippen LogP contribution in [0.15, 0.2) is 30.5 Å². The highest BCUT2D eigenvalue weighted by Gasteiger charge is 2.10. The van der Waals surface area contributed by atoms with Gasteiger partial charge < -0.3 is 10.4 Å². The fourth-order valence-electron chi connectivity index (χ4n) is 2.42. The molecule has 27 heavy (non-hydrogen) atoms. The third kappa shape index (κ3) is 4.20. The molecule has 0 spiro atoms. The molecule has 0 fully saturated rings. The summed E-state index contributed by atoms with van der Waals surface area (Å²) in [4.78, 5) is 25.1. The monoisotopic (exact) mass is 384 g/mol. The van der Waals surface area contributed by atoms with Crippen molar-refractivity contribution < 1.29 is 9.90 Å². The van der Waals surface area contributed by atoms with E-state index in [9.17, 15) is 9.90 Å². The van der Waals surface area contributed by atoms with Crippen LogP contribution in [-0.2, 0) is 0 Å². The fourth-order valence-corrected chi connectivity index (χ4v) is 2.47. The summed E-state index contributed by atoms with van der Waals surface area (Å²) in [5.74, 6) is 1.12. The van der Waals surface area contributed by atoms with Crippen LogP contribution >= 0.6 is 12.8 Å². The van der Waals surface area contributed by atoms with Crippen molar-refractivity contribution >= 4 is 47.3 Å². The van der Waals surface area contributed by atoms with E-state index in [4.69, 9.17) is 0 Å². The summed E-state index contributed by atoms with van der Waals surface area (Å²) in [6, 6.07) is 6.55. The molecule has 1 aromatic carbocycles. The summed E-state index contributed by atoms with van der Waals surface area (Å²) in [5.41, 5.74) is 3.45. The van der Waals surface area contributed by atoms with Crippen molar-refractivity contribution in [1.82, 2.24) is 19.3 Å². The Morgan fingerprint density at radius 2 is 1.93 bits per heavy atom. The molecule has 2 amide bonds. The first kappa shape index (κ1) is 18.7. The van der Waals surface area contributed by atoms with Crippen LogP contribution in [0.5, 0.6) is 5.75 Å². The number of phenolic OH excluding ortho intramolecular Hbond substituents is 1. The van der Waals surface area contributed by atoms with Crippen LogP contribution < -0.4 is 10.6 Å². The molecular weight excluding hydrogens is 364 g/mol. The lowest BCUT2D eigenvalue weighted by Gasteiger charge is -2.14. The summed E-state index contributed by atoms with van der Waals surface area (Å²) in [6.45, 7) is 5.99. The average Bonchev–Trinajstić information content (AvgIpc) is 2.65. The van der Waals surface area contributed by atoms with Gasteiger partial charge in [0.05, 0.1) is 6.20 Å². The predicted octanol–water partition coefficient (Wildman–Crippen LogP) is 3.79. The number of nitrogens with one attached hydrogen (secondary N) is 2. The Hall–Kier alpha value is -3.07. The number of carbonyl (C=O) groups is 1. The van der Waals surface area contributed by atoms with Crippen LogP contribution in [0.4, 0.5) is 22.1 Å². The molecule has 0 saturated heterocycles. The highest BCUT2D eigenvalue weighted by molar-refractivity contribution is 7.78. The zero-order chi connectivity index (χ0) is 19.6. The number of thiol groups is 1. The van der Waals surface area contributed by atoms with Gasteiger partial charge in [0.15, 0.2) is 11.5 Å². The number of pyridine rings is 1. The lowest BCUT2D eigenvalue weighted by atomic mass is 10.1. The topological polar surface area (TPSA) is 103 Å². The molecule has 2 aromatic heterocycles. The summed E-state index contributed by atoms with van der Waals surface area (Å²) in [6.07, 6.45) is 1.61. The molecule has 0 aliphatic rings. The standard InChI is InChI=1S/C18H20N6O2S/c1-4-24(27)18(26)23-15-6-5-12-17(21-15)22-16(9-19-12)20-13-7-11(3)14(25)8-10(13)2/h5-9,25,27H,4H2,1-3H3,(H2,20,21,22,23,26). The Kier molecular flexibility index (Phi) is 5.31. The Bertz CT molecular complexity index is 1010. The number of hydrogen-bond acceptors (Lipinski definition) is 7. The van der Waals surface area contributed by atoms with Gasteiger partial charge >= 0.3 is 6.03 Å². The van der Waals surface area contributed by atoms with Crippen LogP contribution in [0.25, 0.3) is 11.2 Å². The van der Waals surface area contributed by atoms with Gasteiger partial charge in [0.25, 0.3) is 0 Å². The number of rotatable bonds is 4. The fraction of sp³-hybridized carbons (Fsp3) is 0.222. The van der Waals surface area contributed by atoms with Crippen molar-refractivity contribution in [1.29, 1.82) is 0 Å². The molecule has 2 heterocycles. The smallest absolute Gasteiger partial charge is 0.332 e. The number of aryl methyl sites for hydroxylation is 2. The predicted molar refractivity (Wildman–Crippen MR) is 109 cm³/mol. The number of aromatic nitrogens is 3. The number of aromatic hydroxyl groups is 1. The zero-order valence-corrected chi connectivity index (χ0v) is 16.1. The first-order valence-corrected chi connectivity index (χ1v) is 8.75. The van der Waals surface area contributed by atoms with Crippen molar-refractivity contribution in [3.05, 3.63) is 41.6 Å². The van der Waals surface area contributed by atoms with Crippen molar-refractivity contribution in [2.24, 2.45) is 0 Å². The van der Waals surface area contributed by atoms with Gasteiger partial charge in [-0.05, 0) is 56.2 Å². The molecule has 3 rings (SSSR count). The van der Waals surface area contributed by atoms with Crippen molar-refractivity contribution in [3.63, 3.8) is 0 Å². The first-order chi connectivity index (χ1) is 12.9. The Labute approximate surface area is 162 Å². The average molecular weight is 384 g/mol. The van der Waals surface area contributed by atoms with E-state index in [-0.39, 0.29) is 11.8 Å². The molecule has 3 aromatic rings. The molecule has 0 atom stereocenters. The lowest BCUT2D eigenvalue weighted by molar-refractivity contribution is 0.240. The molecule has 3 N–H and O–H groups in total. The maximum absolute atomic E-state index is 11.9. The van der Waals surface area contributed by atoms with E-state index >= 15 is 0 Å². The van der Waals surface area contributed by atoms with E-state index in [1.807, 2.05) is 26.8 Å². The summed E-state index contributed by atoms with van der Waals surface area (Å²) in [7, 11) is 0. The summed E-state index contributed by atoms with van der Waals surface area (Å²) in [5, 5.41) is 15.6. The Morgan fingerprint density at radius 3 is 2.67 bits per heavy atom. The lowest BCUT2D eigenvalue weighted by Crippen LogP contribution is -2.27. The highest BCUT2D eigenvalue weighted by atomic mass is 32.1. The molecule has 9 heteroatoms. The minimum Gasteiger partial charge on any atom is -0.508 e. The largest absolute Gasteiger partial charge is 0.508 e. The third-order valence-electron chi connectivity index (χ3n) is 3.98. The number of amides is 2. The van der Waals surface area contributed by atoms with Crippen LogP contribution in [-0.4, -0.2) is 36.9 Å². The minimum atomic E-state index is -0.370. The molecule has 0 bridgehead atoms. The van der Waals surface area contributed by atoms with Gasteiger partial charge in [0.2, 0.25) is 0 Å². The van der Waals surface area contributed by atoms with Crippen LogP contribution in [0.2, 0.25) is 0 Å². The number of anilines is 3. The molecule has 0 unspecified atom stereocenters. The van der Waals surface area contributed by atoms with Gasteiger partial charge in [-0.15, -0.1) is 0 Å². The minimum absolute atomic E-state index is 0.245. The quantitative estimate of drug-likeness (QED) is 0.403. The van der Waals surface area contributed by atoms with Crippen molar-refractivity contribution in [3.8, 4) is 5.75 Å². The number of phenols is 1. The van der Waals surface area contributed by atoms with E-state index in [0.717, 1.165) is 16.8 Å². The van der Waals surface area contributed by atoms with Gasteiger partial charge in [0.1, 0.15) is 17.1 Å². The molecular formula is C18H20N6O2S. The van der Waals surface area contributed by atoms with Crippen LogP contribution in [0, 0.1) is 13.8 Å². The SMILES string of the molecule is CCN(S)C(=O)Nc1ccc2ncc(Nc3cc(C)c(O)cc3C)nc2n1. The summed E-state index contributed by atoms with van der Waals surface area (Å²) >= 11 is 4.06. The van der Waals surface area contributed by atoms with Gasteiger partial charge in [-0.2, -0.15) is 0 Å². The Balaban J connectivity index is 1.88. The first-order valence-electron chi connectivity index (χ1n) is 8.35. The number of carbonyl (C=O) groups excluding carboxylic acids is 1. The van der Waals surface area contributed by atoms with Gasteiger partial charge in [0, 0.05) is 12.2 Å². The number of hydrogen-bond donors (Lipinski definition) is 4. The number of urea groups is 1. The highest BCUT2D eigenvalue weighted by Crippen LogP contribution is 2.27. The molecule has 0 saturated carbocycles. The number of nitrogens with zero attached hydrogens (tertiary/aromatic N) is 4. The van der Waals surface area contributed by atoms with Gasteiger partial charge in [-0.3, -0.25) is 9.62 Å². The molecule has 0 radical (unpaired) electrons. The molecule has 0 aliphatic carbocycles.